The van der Waals surface area contributed by atoms with Gasteiger partial charge in [-0.1, -0.05) is 36.0 Å². The highest BCUT2D eigenvalue weighted by atomic mass is 32.2. The van der Waals surface area contributed by atoms with Crippen LogP contribution in [-0.2, 0) is 16.1 Å². The highest BCUT2D eigenvalue weighted by Gasteiger charge is 2.53. The van der Waals surface area contributed by atoms with Gasteiger partial charge in [-0.3, -0.25) is 15.2 Å². The summed E-state index contributed by atoms with van der Waals surface area (Å²) in [6, 6.07) is 13.9. The smallest absolute Gasteiger partial charge is 0.257 e. The summed E-state index contributed by atoms with van der Waals surface area (Å²) in [5, 5.41) is 11.3. The first kappa shape index (κ1) is 23.3. The van der Waals surface area contributed by atoms with Crippen molar-refractivity contribution in [2.45, 2.75) is 31.3 Å². The summed E-state index contributed by atoms with van der Waals surface area (Å²) < 4.78 is 20.3. The number of guanidine groups is 1. The van der Waals surface area contributed by atoms with Crippen molar-refractivity contribution in [1.82, 2.24) is 10.2 Å². The number of ether oxygens (including phenoxy) is 1. The average molecular weight is 470 g/mol. The molecule has 0 bridgehead atoms. The second-order valence-corrected chi connectivity index (χ2v) is 9.91. The van der Waals surface area contributed by atoms with E-state index < -0.39 is 4.75 Å². The minimum Gasteiger partial charge on any atom is -0.374 e. The lowest BCUT2D eigenvalue weighted by molar-refractivity contribution is 0.0656. The molecule has 2 aromatic carbocycles. The van der Waals surface area contributed by atoms with E-state index in [1.165, 1.54) is 17.8 Å². The van der Waals surface area contributed by atoms with Gasteiger partial charge in [0.1, 0.15) is 5.82 Å². The predicted octanol–water partition coefficient (Wildman–Crippen LogP) is 3.30. The average Bonchev–Trinajstić information content (AvgIpc) is 3.19. The Balaban J connectivity index is 1.66. The number of thioether (sulfide) groups is 1. The number of nitrogens with zero attached hydrogens (tertiary/aromatic N) is 2. The van der Waals surface area contributed by atoms with Gasteiger partial charge in [0.2, 0.25) is 0 Å². The molecule has 0 radical (unpaired) electrons. The number of likely N-dealkylation sites (tertiary alicyclic amines) is 1. The summed E-state index contributed by atoms with van der Waals surface area (Å²) in [7, 11) is 0. The zero-order valence-electron chi connectivity index (χ0n) is 18.7. The fraction of sp³-hybridized carbons (Fsp3) is 0.375. The summed E-state index contributed by atoms with van der Waals surface area (Å²) in [5.41, 5.74) is 7.72. The number of hydrogen-bond acceptors (Lipinski definition) is 5. The van der Waals surface area contributed by atoms with Gasteiger partial charge in [0.25, 0.3) is 5.91 Å². The normalized spacial score (nSPS) is 22.1. The Morgan fingerprint density at radius 2 is 2.12 bits per heavy atom. The number of halogens is 1. The van der Waals surface area contributed by atoms with E-state index in [0.29, 0.717) is 42.5 Å². The lowest BCUT2D eigenvalue weighted by atomic mass is 9.86. The van der Waals surface area contributed by atoms with Crippen LogP contribution in [0.3, 0.4) is 0 Å². The molecule has 33 heavy (non-hydrogen) atoms. The monoisotopic (exact) mass is 469 g/mol. The van der Waals surface area contributed by atoms with Crippen molar-refractivity contribution in [1.29, 1.82) is 5.41 Å². The molecule has 0 unspecified atom stereocenters. The van der Waals surface area contributed by atoms with Crippen molar-refractivity contribution in [2.75, 3.05) is 19.6 Å². The van der Waals surface area contributed by atoms with Crippen molar-refractivity contribution < 1.29 is 13.9 Å². The molecule has 1 fully saturated rings. The minimum atomic E-state index is -0.745. The van der Waals surface area contributed by atoms with Gasteiger partial charge in [0.05, 0.1) is 17.5 Å². The number of rotatable bonds is 5. The second kappa shape index (κ2) is 9.52. The second-order valence-electron chi connectivity index (χ2n) is 8.59. The maximum Gasteiger partial charge on any atom is 0.257 e. The van der Waals surface area contributed by atoms with E-state index in [2.05, 4.69) is 10.3 Å². The van der Waals surface area contributed by atoms with E-state index in [9.17, 15) is 4.79 Å². The summed E-state index contributed by atoms with van der Waals surface area (Å²) in [6.07, 6.45) is 0.0556. The van der Waals surface area contributed by atoms with Crippen LogP contribution in [0.4, 0.5) is 4.39 Å². The third-order valence-corrected chi connectivity index (χ3v) is 7.40. The van der Waals surface area contributed by atoms with Crippen LogP contribution in [0, 0.1) is 17.1 Å². The third-order valence-electron chi connectivity index (χ3n) is 5.93. The van der Waals surface area contributed by atoms with Crippen LogP contribution in [0.25, 0.3) is 0 Å². The number of hydrogen-bond donors (Lipinski definition) is 3. The number of amidine groups is 1. The van der Waals surface area contributed by atoms with Crippen molar-refractivity contribution in [3.8, 4) is 0 Å². The first-order valence-corrected chi connectivity index (χ1v) is 11.7. The quantitative estimate of drug-likeness (QED) is 0.461. The van der Waals surface area contributed by atoms with E-state index in [1.807, 2.05) is 26.0 Å². The van der Waals surface area contributed by atoms with Crippen LogP contribution in [-0.4, -0.2) is 47.7 Å². The van der Waals surface area contributed by atoms with Gasteiger partial charge < -0.3 is 20.7 Å². The van der Waals surface area contributed by atoms with E-state index in [4.69, 9.17) is 15.9 Å². The van der Waals surface area contributed by atoms with Crippen molar-refractivity contribution >= 4 is 28.8 Å². The molecular weight excluding hydrogens is 441 g/mol. The molecule has 0 aliphatic carbocycles. The van der Waals surface area contributed by atoms with Gasteiger partial charge in [-0.2, -0.15) is 0 Å². The number of carbonyl (C=O) groups excluding carboxylic acids is 1. The number of carbonyl (C=O) groups is 1. The molecule has 0 spiro atoms. The molecular formula is C24H28FN5O2S. The number of nitrogens with one attached hydrogen (secondary N) is 2. The molecule has 1 saturated heterocycles. The molecule has 2 aliphatic heterocycles. The zero-order valence-corrected chi connectivity index (χ0v) is 19.5. The fourth-order valence-corrected chi connectivity index (χ4v) is 5.66. The van der Waals surface area contributed by atoms with E-state index in [1.54, 1.807) is 35.2 Å². The lowest BCUT2D eigenvalue weighted by Gasteiger charge is -2.37. The molecule has 9 heteroatoms. The topological polar surface area (TPSA) is 104 Å². The van der Waals surface area contributed by atoms with Gasteiger partial charge in [-0.15, -0.1) is 0 Å². The minimum absolute atomic E-state index is 0.0556. The Hall–Kier alpha value is -2.91. The molecule has 0 aromatic heterocycles. The van der Waals surface area contributed by atoms with E-state index >= 15 is 4.39 Å². The molecule has 0 saturated carbocycles. The Morgan fingerprint density at radius 1 is 1.36 bits per heavy atom. The lowest BCUT2D eigenvalue weighted by Crippen LogP contribution is -2.43. The third kappa shape index (κ3) is 4.89. The predicted molar refractivity (Wildman–Crippen MR) is 129 cm³/mol. The summed E-state index contributed by atoms with van der Waals surface area (Å²) in [6.45, 7) is 5.53. The molecule has 4 N–H and O–H groups in total. The van der Waals surface area contributed by atoms with Crippen molar-refractivity contribution in [2.24, 2.45) is 16.6 Å². The highest BCUT2D eigenvalue weighted by Crippen LogP contribution is 2.51. The number of benzene rings is 2. The Bertz CT molecular complexity index is 1080. The Kier molecular flexibility index (Phi) is 6.71. The van der Waals surface area contributed by atoms with Crippen LogP contribution in [0.15, 0.2) is 53.5 Å². The SMILES string of the molecule is CC(C)OCc1ccc(F)c([C@]23CN(C(=N)N)C[C@@H]2CN=C(NC(=O)c2ccccc2)S3)c1. The zero-order chi connectivity index (χ0) is 23.6. The van der Waals surface area contributed by atoms with Crippen molar-refractivity contribution in [3.63, 3.8) is 0 Å². The highest BCUT2D eigenvalue weighted by molar-refractivity contribution is 8.14. The van der Waals surface area contributed by atoms with Crippen LogP contribution in [0.2, 0.25) is 0 Å². The Labute approximate surface area is 197 Å². The first-order chi connectivity index (χ1) is 15.8. The number of aliphatic imine (C=N–C) groups is 1. The summed E-state index contributed by atoms with van der Waals surface area (Å²) in [4.78, 5) is 19.0. The largest absolute Gasteiger partial charge is 0.374 e. The van der Waals surface area contributed by atoms with Crippen LogP contribution in [0.1, 0.15) is 35.3 Å². The summed E-state index contributed by atoms with van der Waals surface area (Å²) >= 11 is 1.34. The van der Waals surface area contributed by atoms with Gasteiger partial charge in [0.15, 0.2) is 11.1 Å². The van der Waals surface area contributed by atoms with Gasteiger partial charge in [-0.05, 0) is 43.7 Å². The maximum absolute atomic E-state index is 15.3. The van der Waals surface area contributed by atoms with E-state index in [0.717, 1.165) is 5.56 Å². The molecule has 2 atom stereocenters. The molecule has 2 aromatic rings. The number of amides is 1. The molecule has 7 nitrogen and oxygen atoms in total. The van der Waals surface area contributed by atoms with Crippen molar-refractivity contribution in [3.05, 3.63) is 71.0 Å². The maximum atomic E-state index is 15.3. The standard InChI is InChI=1S/C24H28FN5O2S/c1-15(2)32-13-16-8-9-20(25)19(10-16)24-14-30(22(26)27)12-18(24)11-28-23(33-24)29-21(31)17-6-4-3-5-7-17/h3-10,15,18H,11-14H2,1-2H3,(H3,26,27)(H,28,29,31)/t18-,24-/m0/s1. The molecule has 4 rings (SSSR count). The molecule has 1 amide bonds. The van der Waals surface area contributed by atoms with Crippen LogP contribution < -0.4 is 11.1 Å². The van der Waals surface area contributed by atoms with Gasteiger partial charge >= 0.3 is 0 Å². The number of fused-ring (bicyclic) bond motifs is 1. The van der Waals surface area contributed by atoms with Gasteiger partial charge in [0, 0.05) is 36.7 Å². The summed E-state index contributed by atoms with van der Waals surface area (Å²) in [5.74, 6) is -0.725. The van der Waals surface area contributed by atoms with Crippen LogP contribution >= 0.6 is 11.8 Å². The van der Waals surface area contributed by atoms with Gasteiger partial charge in [-0.25, -0.2) is 4.39 Å². The van der Waals surface area contributed by atoms with E-state index in [-0.39, 0.29) is 29.7 Å². The molecule has 2 heterocycles. The molecule has 174 valence electrons. The first-order valence-electron chi connectivity index (χ1n) is 10.9. The van der Waals surface area contributed by atoms with Crippen LogP contribution in [0.5, 0.6) is 0 Å². The number of nitrogens with two attached hydrogens (primary N) is 1. The fourth-order valence-electron chi connectivity index (χ4n) is 4.23. The molecule has 2 aliphatic rings. The Morgan fingerprint density at radius 3 is 2.82 bits per heavy atom.